The largest absolute Gasteiger partial charge is 0.481 e. The van der Waals surface area contributed by atoms with E-state index in [1.54, 1.807) is 0 Å². The summed E-state index contributed by atoms with van der Waals surface area (Å²) in [5.41, 5.74) is -3.40. The second-order valence-electron chi connectivity index (χ2n) is 3.45. The topological polar surface area (TPSA) is 59.4 Å². The van der Waals surface area contributed by atoms with Crippen molar-refractivity contribution in [3.63, 3.8) is 0 Å². The van der Waals surface area contributed by atoms with Crippen molar-refractivity contribution in [1.82, 2.24) is 4.98 Å². The fourth-order valence-corrected chi connectivity index (χ4v) is 1.42. The lowest BCUT2D eigenvalue weighted by Gasteiger charge is -2.16. The number of aliphatic carboxylic acids is 1. The van der Waals surface area contributed by atoms with Crippen LogP contribution in [0, 0.1) is 0 Å². The van der Waals surface area contributed by atoms with Crippen LogP contribution >= 0.6 is 0 Å². The molecule has 9 heteroatoms. The summed E-state index contributed by atoms with van der Waals surface area (Å²) in [7, 11) is 0.920. The zero-order chi connectivity index (χ0) is 14.8. The van der Waals surface area contributed by atoms with E-state index in [4.69, 9.17) is 5.11 Å². The number of ether oxygens (including phenoxy) is 1. The molecule has 19 heavy (non-hydrogen) atoms. The number of carboxylic acids is 1. The van der Waals surface area contributed by atoms with E-state index in [-0.39, 0.29) is 6.07 Å². The summed E-state index contributed by atoms with van der Waals surface area (Å²) in [5.74, 6) is -2.33. The van der Waals surface area contributed by atoms with Crippen LogP contribution < -0.4 is 4.74 Å². The molecule has 0 aliphatic heterocycles. The van der Waals surface area contributed by atoms with E-state index in [2.05, 4.69) is 9.72 Å². The van der Waals surface area contributed by atoms with Crippen LogP contribution in [0.2, 0.25) is 0 Å². The minimum atomic E-state index is -4.98. The van der Waals surface area contributed by atoms with E-state index in [1.807, 2.05) is 0 Å². The van der Waals surface area contributed by atoms with E-state index >= 15 is 0 Å². The summed E-state index contributed by atoms with van der Waals surface area (Å²) >= 11 is 0. The molecular weight excluding hydrogens is 277 g/mol. The highest BCUT2D eigenvalue weighted by molar-refractivity contribution is 5.72. The van der Waals surface area contributed by atoms with Gasteiger partial charge in [-0.05, 0) is 6.07 Å². The lowest BCUT2D eigenvalue weighted by atomic mass is 10.0. The first-order valence-corrected chi connectivity index (χ1v) is 4.81. The van der Waals surface area contributed by atoms with Gasteiger partial charge in [-0.2, -0.15) is 13.2 Å². The Morgan fingerprint density at radius 2 is 2.05 bits per heavy atom. The van der Waals surface area contributed by atoms with Gasteiger partial charge in [0.15, 0.2) is 0 Å². The number of halogens is 5. The van der Waals surface area contributed by atoms with Gasteiger partial charge in [0.25, 0.3) is 6.43 Å². The second-order valence-corrected chi connectivity index (χ2v) is 3.45. The third kappa shape index (κ3) is 3.52. The summed E-state index contributed by atoms with van der Waals surface area (Å²) in [6.07, 6.45) is -9.24. The molecule has 0 amide bonds. The molecule has 4 nitrogen and oxygen atoms in total. The summed E-state index contributed by atoms with van der Waals surface area (Å²) in [6, 6.07) is 0.130. The molecule has 0 aliphatic rings. The Hall–Kier alpha value is -1.93. The molecule has 0 radical (unpaired) electrons. The first-order chi connectivity index (χ1) is 8.66. The zero-order valence-electron chi connectivity index (χ0n) is 9.46. The van der Waals surface area contributed by atoms with Crippen molar-refractivity contribution >= 4 is 5.97 Å². The maximum Gasteiger partial charge on any atom is 0.416 e. The standard InChI is InChI=1S/C10H8F5NO3/c1-19-9-4(2-7(17)18)5(10(13,14)15)3-6(16-9)8(11)12/h3,8H,2H2,1H3,(H,17,18). The van der Waals surface area contributed by atoms with Crippen LogP contribution in [0.4, 0.5) is 22.0 Å². The molecule has 0 unspecified atom stereocenters. The molecule has 0 aliphatic carbocycles. The van der Waals surface area contributed by atoms with Crippen molar-refractivity contribution in [1.29, 1.82) is 0 Å². The second kappa shape index (κ2) is 5.37. The summed E-state index contributed by atoms with van der Waals surface area (Å²) in [6.45, 7) is 0. The number of carboxylic acid groups (broad SMARTS) is 1. The first kappa shape index (κ1) is 15.1. The van der Waals surface area contributed by atoms with Crippen LogP contribution in [-0.4, -0.2) is 23.2 Å². The highest BCUT2D eigenvalue weighted by Crippen LogP contribution is 2.37. The van der Waals surface area contributed by atoms with Gasteiger partial charge >= 0.3 is 12.1 Å². The van der Waals surface area contributed by atoms with Crippen LogP contribution in [0.1, 0.15) is 23.2 Å². The number of hydrogen-bond donors (Lipinski definition) is 1. The molecule has 106 valence electrons. The Balaban J connectivity index is 3.52. The summed E-state index contributed by atoms with van der Waals surface area (Å²) in [5, 5.41) is 8.56. The molecule has 0 bridgehead atoms. The van der Waals surface area contributed by atoms with E-state index in [9.17, 15) is 26.7 Å². The van der Waals surface area contributed by atoms with Gasteiger partial charge < -0.3 is 9.84 Å². The van der Waals surface area contributed by atoms with Crippen LogP contribution in [0.5, 0.6) is 5.88 Å². The van der Waals surface area contributed by atoms with Gasteiger partial charge in [-0.25, -0.2) is 13.8 Å². The minimum absolute atomic E-state index is 0.130. The van der Waals surface area contributed by atoms with Gasteiger partial charge in [0, 0.05) is 5.56 Å². The number of rotatable bonds is 4. The lowest BCUT2D eigenvalue weighted by molar-refractivity contribution is -0.140. The van der Waals surface area contributed by atoms with E-state index in [0.29, 0.717) is 0 Å². The average molecular weight is 285 g/mol. The third-order valence-electron chi connectivity index (χ3n) is 2.16. The molecule has 1 N–H and O–H groups in total. The van der Waals surface area contributed by atoms with Crippen molar-refractivity contribution in [3.05, 3.63) is 22.9 Å². The van der Waals surface area contributed by atoms with Gasteiger partial charge in [-0.15, -0.1) is 0 Å². The van der Waals surface area contributed by atoms with Crippen LogP contribution in [0.25, 0.3) is 0 Å². The molecule has 0 saturated heterocycles. The van der Waals surface area contributed by atoms with Crippen LogP contribution in [0.3, 0.4) is 0 Å². The van der Waals surface area contributed by atoms with E-state index in [1.165, 1.54) is 0 Å². The molecule has 0 saturated carbocycles. The highest BCUT2D eigenvalue weighted by Gasteiger charge is 2.37. The van der Waals surface area contributed by atoms with Gasteiger partial charge in [-0.3, -0.25) is 4.79 Å². The molecule has 0 spiro atoms. The van der Waals surface area contributed by atoms with Gasteiger partial charge in [0.05, 0.1) is 19.1 Å². The maximum atomic E-state index is 12.7. The lowest BCUT2D eigenvalue weighted by Crippen LogP contribution is -2.16. The van der Waals surface area contributed by atoms with Crippen LogP contribution in [0.15, 0.2) is 6.07 Å². The molecule has 1 heterocycles. The number of methoxy groups -OCH3 is 1. The highest BCUT2D eigenvalue weighted by atomic mass is 19.4. The molecular formula is C10H8F5NO3. The number of carbonyl (C=O) groups is 1. The van der Waals surface area contributed by atoms with Gasteiger partial charge in [0.1, 0.15) is 5.69 Å². The number of aromatic nitrogens is 1. The smallest absolute Gasteiger partial charge is 0.416 e. The number of hydrogen-bond acceptors (Lipinski definition) is 3. The number of pyridine rings is 1. The predicted octanol–water partition coefficient (Wildman–Crippen LogP) is 2.67. The Morgan fingerprint density at radius 3 is 2.42 bits per heavy atom. The quantitative estimate of drug-likeness (QED) is 0.864. The predicted molar refractivity (Wildman–Crippen MR) is 52.1 cm³/mol. The SMILES string of the molecule is COc1nc(C(F)F)cc(C(F)(F)F)c1CC(=O)O. The van der Waals surface area contributed by atoms with Gasteiger partial charge in [-0.1, -0.05) is 0 Å². The minimum Gasteiger partial charge on any atom is -0.481 e. The van der Waals surface area contributed by atoms with Gasteiger partial charge in [0.2, 0.25) is 5.88 Å². The monoisotopic (exact) mass is 285 g/mol. The van der Waals surface area contributed by atoms with Crippen molar-refractivity contribution in [2.24, 2.45) is 0 Å². The Kier molecular flexibility index (Phi) is 4.28. The Bertz CT molecular complexity index is 487. The average Bonchev–Trinajstić information content (AvgIpc) is 2.26. The first-order valence-electron chi connectivity index (χ1n) is 4.81. The summed E-state index contributed by atoms with van der Waals surface area (Å²) in [4.78, 5) is 13.7. The third-order valence-corrected chi connectivity index (χ3v) is 2.16. The molecule has 0 fully saturated rings. The fraction of sp³-hybridized carbons (Fsp3) is 0.400. The molecule has 1 rings (SSSR count). The van der Waals surface area contributed by atoms with E-state index < -0.39 is 47.7 Å². The van der Waals surface area contributed by atoms with Crippen molar-refractivity contribution < 1.29 is 36.6 Å². The van der Waals surface area contributed by atoms with Crippen molar-refractivity contribution in [2.75, 3.05) is 7.11 Å². The zero-order valence-corrected chi connectivity index (χ0v) is 9.46. The molecule has 0 aromatic carbocycles. The fourth-order valence-electron chi connectivity index (χ4n) is 1.42. The van der Waals surface area contributed by atoms with Crippen LogP contribution in [-0.2, 0) is 17.4 Å². The maximum absolute atomic E-state index is 12.7. The molecule has 0 atom stereocenters. The molecule has 1 aromatic rings. The van der Waals surface area contributed by atoms with Crippen molar-refractivity contribution in [3.8, 4) is 5.88 Å². The molecule has 1 aromatic heterocycles. The Labute approximate surface area is 103 Å². The Morgan fingerprint density at radius 1 is 1.47 bits per heavy atom. The normalized spacial score (nSPS) is 11.7. The summed E-state index contributed by atoms with van der Waals surface area (Å²) < 4.78 is 67.6. The number of alkyl halides is 5. The van der Waals surface area contributed by atoms with Crippen molar-refractivity contribution in [2.45, 2.75) is 19.0 Å². The number of nitrogens with zero attached hydrogens (tertiary/aromatic N) is 1. The van der Waals surface area contributed by atoms with E-state index in [0.717, 1.165) is 7.11 Å².